The van der Waals surface area contributed by atoms with Crippen LogP contribution in [0.25, 0.3) is 0 Å². The number of nitrogens with zero attached hydrogens (tertiary/aromatic N) is 2. The molecule has 1 aliphatic heterocycles. The Morgan fingerprint density at radius 1 is 1.20 bits per heavy atom. The lowest BCUT2D eigenvalue weighted by Gasteiger charge is -2.48. The van der Waals surface area contributed by atoms with Crippen LogP contribution in [0.2, 0.25) is 0 Å². The van der Waals surface area contributed by atoms with E-state index in [1.54, 1.807) is 0 Å². The fourth-order valence-corrected chi connectivity index (χ4v) is 3.01. The summed E-state index contributed by atoms with van der Waals surface area (Å²) in [5, 5.41) is 0. The van der Waals surface area contributed by atoms with Gasteiger partial charge in [-0.2, -0.15) is 0 Å². The van der Waals surface area contributed by atoms with E-state index in [1.807, 2.05) is 0 Å². The highest BCUT2D eigenvalue weighted by Crippen LogP contribution is 2.28. The fraction of sp³-hybridized carbons (Fsp3) is 0.647. The zero-order valence-electron chi connectivity index (χ0n) is 13.6. The van der Waals surface area contributed by atoms with Crippen molar-refractivity contribution in [2.45, 2.75) is 39.3 Å². The van der Waals surface area contributed by atoms with Gasteiger partial charge in [0.25, 0.3) is 0 Å². The molecule has 1 unspecified atom stereocenters. The second-order valence-corrected chi connectivity index (χ2v) is 6.80. The van der Waals surface area contributed by atoms with Crippen molar-refractivity contribution >= 4 is 0 Å². The largest absolute Gasteiger partial charge is 0.329 e. The van der Waals surface area contributed by atoms with Crippen LogP contribution in [0.1, 0.15) is 36.6 Å². The average Bonchev–Trinajstić information content (AvgIpc) is 2.38. The van der Waals surface area contributed by atoms with Gasteiger partial charge in [-0.25, -0.2) is 0 Å². The highest BCUT2D eigenvalue weighted by atomic mass is 15.3. The van der Waals surface area contributed by atoms with E-state index in [4.69, 9.17) is 5.73 Å². The first kappa shape index (κ1) is 15.5. The van der Waals surface area contributed by atoms with E-state index in [2.05, 4.69) is 62.7 Å². The van der Waals surface area contributed by atoms with Crippen LogP contribution in [0.3, 0.4) is 0 Å². The zero-order chi connectivity index (χ0) is 14.9. The highest BCUT2D eigenvalue weighted by Gasteiger charge is 2.34. The maximum Gasteiger partial charge on any atom is 0.0471 e. The number of hydrogen-bond acceptors (Lipinski definition) is 3. The summed E-state index contributed by atoms with van der Waals surface area (Å²) >= 11 is 0. The predicted octanol–water partition coefficient (Wildman–Crippen LogP) is 2.33. The topological polar surface area (TPSA) is 32.5 Å². The van der Waals surface area contributed by atoms with Crippen LogP contribution in [0.4, 0.5) is 0 Å². The lowest BCUT2D eigenvalue weighted by Crippen LogP contribution is -2.58. The van der Waals surface area contributed by atoms with Crippen LogP contribution >= 0.6 is 0 Å². The second kappa shape index (κ2) is 5.84. The summed E-state index contributed by atoms with van der Waals surface area (Å²) < 4.78 is 0. The summed E-state index contributed by atoms with van der Waals surface area (Å²) in [6.45, 7) is 12.9. The van der Waals surface area contributed by atoms with Crippen LogP contribution in [0.5, 0.6) is 0 Å². The minimum Gasteiger partial charge on any atom is -0.329 e. The van der Waals surface area contributed by atoms with Crippen LogP contribution in [0, 0.1) is 13.8 Å². The first-order chi connectivity index (χ1) is 9.35. The number of likely N-dealkylation sites (N-methyl/N-ethyl adjacent to an activating group) is 1. The molecule has 0 radical (unpaired) electrons. The quantitative estimate of drug-likeness (QED) is 0.919. The third-order valence-electron chi connectivity index (χ3n) is 4.93. The van der Waals surface area contributed by atoms with Crippen LogP contribution < -0.4 is 5.73 Å². The van der Waals surface area contributed by atoms with Gasteiger partial charge in [-0.15, -0.1) is 0 Å². The lowest BCUT2D eigenvalue weighted by molar-refractivity contribution is 0.0180. The maximum absolute atomic E-state index is 6.09. The number of benzene rings is 1. The van der Waals surface area contributed by atoms with Gasteiger partial charge in [-0.3, -0.25) is 9.80 Å². The first-order valence-corrected chi connectivity index (χ1v) is 7.57. The number of hydrogen-bond donors (Lipinski definition) is 1. The molecule has 1 aliphatic rings. The Hall–Kier alpha value is -0.900. The third-order valence-corrected chi connectivity index (χ3v) is 4.93. The van der Waals surface area contributed by atoms with Crippen molar-refractivity contribution in [1.82, 2.24) is 9.80 Å². The lowest BCUT2D eigenvalue weighted by atomic mass is 9.95. The van der Waals surface area contributed by atoms with E-state index in [0.717, 1.165) is 19.6 Å². The molecule has 1 atom stereocenters. The van der Waals surface area contributed by atoms with E-state index < -0.39 is 0 Å². The molecule has 2 N–H and O–H groups in total. The first-order valence-electron chi connectivity index (χ1n) is 7.57. The molecule has 2 rings (SSSR count). The van der Waals surface area contributed by atoms with Gasteiger partial charge in [0.2, 0.25) is 0 Å². The fourth-order valence-electron chi connectivity index (χ4n) is 3.01. The van der Waals surface area contributed by atoms with Gasteiger partial charge in [0.15, 0.2) is 0 Å². The number of aryl methyl sites for hydroxylation is 2. The van der Waals surface area contributed by atoms with E-state index in [-0.39, 0.29) is 5.54 Å². The van der Waals surface area contributed by atoms with Gasteiger partial charge in [0.05, 0.1) is 0 Å². The monoisotopic (exact) mass is 275 g/mol. The van der Waals surface area contributed by atoms with Crippen molar-refractivity contribution in [3.8, 4) is 0 Å². The van der Waals surface area contributed by atoms with E-state index >= 15 is 0 Å². The molecule has 1 aromatic carbocycles. The van der Waals surface area contributed by atoms with Gasteiger partial charge in [-0.1, -0.05) is 18.2 Å². The Labute approximate surface area is 123 Å². The molecule has 1 fully saturated rings. The number of nitrogens with two attached hydrogens (primary N) is 1. The molecule has 1 heterocycles. The third kappa shape index (κ3) is 3.05. The summed E-state index contributed by atoms with van der Waals surface area (Å²) in [7, 11) is 2.21. The molecule has 20 heavy (non-hydrogen) atoms. The normalized spacial score (nSPS) is 21.9. The Morgan fingerprint density at radius 2 is 1.90 bits per heavy atom. The molecule has 0 saturated carbocycles. The Bertz CT molecular complexity index is 467. The summed E-state index contributed by atoms with van der Waals surface area (Å²) in [5.74, 6) is 0. The van der Waals surface area contributed by atoms with Gasteiger partial charge in [-0.05, 0) is 51.4 Å². The average molecular weight is 275 g/mol. The van der Waals surface area contributed by atoms with Gasteiger partial charge in [0, 0.05) is 37.8 Å². The second-order valence-electron chi connectivity index (χ2n) is 6.80. The molecule has 1 saturated heterocycles. The van der Waals surface area contributed by atoms with Crippen LogP contribution in [-0.4, -0.2) is 48.6 Å². The van der Waals surface area contributed by atoms with Crippen molar-refractivity contribution in [3.05, 3.63) is 34.9 Å². The van der Waals surface area contributed by atoms with Crippen molar-refractivity contribution in [2.24, 2.45) is 5.73 Å². The molecule has 0 amide bonds. The molecule has 112 valence electrons. The Balaban J connectivity index is 2.22. The smallest absolute Gasteiger partial charge is 0.0471 e. The SMILES string of the molecule is Cc1ccc(C(CN)N2CCN(C)C(C)(C)C2)cc1C. The minimum atomic E-state index is 0.214. The van der Waals surface area contributed by atoms with Gasteiger partial charge < -0.3 is 5.73 Å². The maximum atomic E-state index is 6.09. The molecular weight excluding hydrogens is 246 g/mol. The molecule has 0 spiro atoms. The summed E-state index contributed by atoms with van der Waals surface area (Å²) in [6, 6.07) is 7.10. The summed E-state index contributed by atoms with van der Waals surface area (Å²) in [5.41, 5.74) is 10.4. The van der Waals surface area contributed by atoms with Crippen molar-refractivity contribution in [2.75, 3.05) is 33.2 Å². The molecule has 3 nitrogen and oxygen atoms in total. The molecule has 3 heteroatoms. The molecule has 0 aliphatic carbocycles. The summed E-state index contributed by atoms with van der Waals surface area (Å²) in [6.07, 6.45) is 0. The molecule has 0 aromatic heterocycles. The van der Waals surface area contributed by atoms with Crippen molar-refractivity contribution < 1.29 is 0 Å². The molecule has 0 bridgehead atoms. The number of rotatable bonds is 3. The van der Waals surface area contributed by atoms with Gasteiger partial charge in [0.1, 0.15) is 0 Å². The van der Waals surface area contributed by atoms with E-state index in [0.29, 0.717) is 12.6 Å². The number of piperazine rings is 1. The van der Waals surface area contributed by atoms with Crippen LogP contribution in [0.15, 0.2) is 18.2 Å². The molecular formula is C17H29N3. The Kier molecular flexibility index (Phi) is 4.52. The van der Waals surface area contributed by atoms with E-state index in [9.17, 15) is 0 Å². The highest BCUT2D eigenvalue weighted by molar-refractivity contribution is 5.32. The van der Waals surface area contributed by atoms with Crippen LogP contribution in [-0.2, 0) is 0 Å². The Morgan fingerprint density at radius 3 is 2.45 bits per heavy atom. The summed E-state index contributed by atoms with van der Waals surface area (Å²) in [4.78, 5) is 4.99. The zero-order valence-corrected chi connectivity index (χ0v) is 13.6. The predicted molar refractivity (Wildman–Crippen MR) is 86.0 cm³/mol. The van der Waals surface area contributed by atoms with Gasteiger partial charge >= 0.3 is 0 Å². The van der Waals surface area contributed by atoms with Crippen molar-refractivity contribution in [3.63, 3.8) is 0 Å². The molecule has 1 aromatic rings. The standard InChI is InChI=1S/C17H29N3/c1-13-6-7-15(10-14(13)2)16(11-18)20-9-8-19(5)17(3,4)12-20/h6-7,10,16H,8-9,11-12,18H2,1-5H3. The minimum absolute atomic E-state index is 0.214. The van der Waals surface area contributed by atoms with Crippen molar-refractivity contribution in [1.29, 1.82) is 0 Å². The van der Waals surface area contributed by atoms with E-state index in [1.165, 1.54) is 16.7 Å².